The average Bonchev–Trinajstić information content (AvgIpc) is 3.19. The number of amides is 1. The topological polar surface area (TPSA) is 99.9 Å². The monoisotopic (exact) mass is 380 g/mol. The summed E-state index contributed by atoms with van der Waals surface area (Å²) in [6.07, 6.45) is 6.77. The highest BCUT2D eigenvalue weighted by atomic mass is 19.1. The Bertz CT molecular complexity index is 974. The fourth-order valence-electron chi connectivity index (χ4n) is 3.44. The summed E-state index contributed by atoms with van der Waals surface area (Å²) in [7, 11) is 0. The fourth-order valence-corrected chi connectivity index (χ4v) is 3.44. The van der Waals surface area contributed by atoms with E-state index in [0.29, 0.717) is 30.2 Å². The van der Waals surface area contributed by atoms with Gasteiger partial charge in [-0.25, -0.2) is 9.37 Å². The van der Waals surface area contributed by atoms with Crippen molar-refractivity contribution in [2.24, 2.45) is 5.73 Å². The van der Waals surface area contributed by atoms with Crippen LogP contribution in [0.15, 0.2) is 48.9 Å². The van der Waals surface area contributed by atoms with E-state index in [2.05, 4.69) is 20.3 Å². The van der Waals surface area contributed by atoms with Gasteiger partial charge in [0.1, 0.15) is 5.82 Å². The molecule has 28 heavy (non-hydrogen) atoms. The molecule has 1 unspecified atom stereocenters. The Hall–Kier alpha value is -3.26. The van der Waals surface area contributed by atoms with E-state index in [0.717, 1.165) is 18.4 Å². The molecular formula is C20H21FN6O. The standard InChI is InChI=1S/C20H21FN6O/c21-15-4-1-5-16(18(15)27-10-2-3-14(22)12-27)26-20(28)19-24-11-17(25-19)13-6-8-23-9-7-13/h1,4-9,11,14H,2-3,10,12,22H2,(H,24,25)(H,26,28). The van der Waals surface area contributed by atoms with Crippen LogP contribution in [0.5, 0.6) is 0 Å². The molecule has 1 fully saturated rings. The second-order valence-electron chi connectivity index (χ2n) is 6.81. The molecule has 3 heterocycles. The number of benzene rings is 1. The molecule has 0 bridgehead atoms. The highest BCUT2D eigenvalue weighted by Gasteiger charge is 2.23. The lowest BCUT2D eigenvalue weighted by Crippen LogP contribution is -2.43. The molecule has 1 amide bonds. The maximum Gasteiger partial charge on any atom is 0.291 e. The molecule has 1 saturated heterocycles. The van der Waals surface area contributed by atoms with Crippen LogP contribution in [0.4, 0.5) is 15.8 Å². The zero-order valence-electron chi connectivity index (χ0n) is 15.2. The van der Waals surface area contributed by atoms with Crippen molar-refractivity contribution in [3.05, 3.63) is 60.6 Å². The minimum absolute atomic E-state index is 0.00935. The number of rotatable bonds is 4. The number of halogens is 1. The van der Waals surface area contributed by atoms with Crippen LogP contribution in [0, 0.1) is 5.82 Å². The van der Waals surface area contributed by atoms with Crippen LogP contribution in [-0.4, -0.2) is 40.0 Å². The molecular weight excluding hydrogens is 359 g/mol. The van der Waals surface area contributed by atoms with Gasteiger partial charge in [-0.1, -0.05) is 6.07 Å². The SMILES string of the molecule is NC1CCCN(c2c(F)cccc2NC(=O)c2nc(-c3ccncc3)c[nH]2)C1. The van der Waals surface area contributed by atoms with Crippen molar-refractivity contribution in [2.75, 3.05) is 23.3 Å². The third-order valence-corrected chi connectivity index (χ3v) is 4.78. The van der Waals surface area contributed by atoms with E-state index in [9.17, 15) is 9.18 Å². The van der Waals surface area contributed by atoms with Gasteiger partial charge in [0.15, 0.2) is 5.82 Å². The number of anilines is 2. The fraction of sp³-hybridized carbons (Fsp3) is 0.250. The number of hydrogen-bond donors (Lipinski definition) is 3. The predicted octanol–water partition coefficient (Wildman–Crippen LogP) is 2.79. The molecule has 0 aliphatic carbocycles. The molecule has 144 valence electrons. The molecule has 1 atom stereocenters. The Balaban J connectivity index is 1.57. The van der Waals surface area contributed by atoms with Crippen molar-refractivity contribution in [3.63, 3.8) is 0 Å². The molecule has 2 aromatic heterocycles. The van der Waals surface area contributed by atoms with Crippen LogP contribution in [0.1, 0.15) is 23.5 Å². The molecule has 4 N–H and O–H groups in total. The van der Waals surface area contributed by atoms with Gasteiger partial charge in [-0.3, -0.25) is 9.78 Å². The van der Waals surface area contributed by atoms with Gasteiger partial charge in [0.25, 0.3) is 5.91 Å². The number of aromatic nitrogens is 3. The van der Waals surface area contributed by atoms with Crippen molar-refractivity contribution >= 4 is 17.3 Å². The first-order chi connectivity index (χ1) is 13.6. The summed E-state index contributed by atoms with van der Waals surface area (Å²) >= 11 is 0. The van der Waals surface area contributed by atoms with E-state index < -0.39 is 5.91 Å². The Morgan fingerprint density at radius 3 is 2.89 bits per heavy atom. The second kappa shape index (κ2) is 7.77. The van der Waals surface area contributed by atoms with E-state index in [1.807, 2.05) is 17.0 Å². The molecule has 0 saturated carbocycles. The van der Waals surface area contributed by atoms with Crippen molar-refractivity contribution in [1.29, 1.82) is 0 Å². The largest absolute Gasteiger partial charge is 0.366 e. The number of carbonyl (C=O) groups is 1. The Morgan fingerprint density at radius 1 is 1.29 bits per heavy atom. The lowest BCUT2D eigenvalue weighted by Gasteiger charge is -2.34. The Morgan fingerprint density at radius 2 is 2.11 bits per heavy atom. The third kappa shape index (κ3) is 3.72. The van der Waals surface area contributed by atoms with Gasteiger partial charge in [-0.15, -0.1) is 0 Å². The summed E-state index contributed by atoms with van der Waals surface area (Å²) in [4.78, 5) is 25.8. The first-order valence-electron chi connectivity index (χ1n) is 9.18. The third-order valence-electron chi connectivity index (χ3n) is 4.78. The minimum Gasteiger partial charge on any atom is -0.366 e. The quantitative estimate of drug-likeness (QED) is 0.646. The number of para-hydroxylation sites is 1. The van der Waals surface area contributed by atoms with Gasteiger partial charge < -0.3 is 20.9 Å². The lowest BCUT2D eigenvalue weighted by molar-refractivity contribution is 0.101. The highest BCUT2D eigenvalue weighted by molar-refractivity contribution is 6.04. The molecule has 1 aromatic carbocycles. The maximum atomic E-state index is 14.6. The number of H-pyrrole nitrogens is 1. The van der Waals surface area contributed by atoms with Gasteiger partial charge in [-0.05, 0) is 37.1 Å². The molecule has 1 aliphatic heterocycles. The number of pyridine rings is 1. The molecule has 7 nitrogen and oxygen atoms in total. The van der Waals surface area contributed by atoms with Crippen molar-refractivity contribution in [3.8, 4) is 11.3 Å². The number of piperidine rings is 1. The molecule has 3 aromatic rings. The first kappa shape index (κ1) is 18.1. The summed E-state index contributed by atoms with van der Waals surface area (Å²) in [5.74, 6) is -0.672. The number of nitrogens with one attached hydrogen (secondary N) is 2. The number of hydrogen-bond acceptors (Lipinski definition) is 5. The van der Waals surface area contributed by atoms with Crippen molar-refractivity contribution in [2.45, 2.75) is 18.9 Å². The summed E-state index contributed by atoms with van der Waals surface area (Å²) < 4.78 is 14.6. The zero-order chi connectivity index (χ0) is 19.5. The number of carbonyl (C=O) groups excluding carboxylic acids is 1. The van der Waals surface area contributed by atoms with E-state index in [-0.39, 0.29) is 17.7 Å². The van der Waals surface area contributed by atoms with Crippen LogP contribution < -0.4 is 16.0 Å². The Labute approximate surface area is 161 Å². The van der Waals surface area contributed by atoms with Gasteiger partial charge in [0, 0.05) is 43.3 Å². The van der Waals surface area contributed by atoms with Crippen LogP contribution >= 0.6 is 0 Å². The normalized spacial score (nSPS) is 16.8. The predicted molar refractivity (Wildman–Crippen MR) is 106 cm³/mol. The van der Waals surface area contributed by atoms with Crippen LogP contribution in [0.3, 0.4) is 0 Å². The molecule has 0 spiro atoms. The Kier molecular flexibility index (Phi) is 5.03. The summed E-state index contributed by atoms with van der Waals surface area (Å²) in [5.41, 5.74) is 8.29. The van der Waals surface area contributed by atoms with Crippen molar-refractivity contribution < 1.29 is 9.18 Å². The molecule has 8 heteroatoms. The van der Waals surface area contributed by atoms with E-state index in [1.165, 1.54) is 6.07 Å². The zero-order valence-corrected chi connectivity index (χ0v) is 15.2. The number of aromatic amines is 1. The summed E-state index contributed by atoms with van der Waals surface area (Å²) in [6, 6.07) is 8.25. The van der Waals surface area contributed by atoms with Crippen molar-refractivity contribution in [1.82, 2.24) is 15.0 Å². The van der Waals surface area contributed by atoms with Crippen LogP contribution in [0.25, 0.3) is 11.3 Å². The molecule has 1 aliphatic rings. The number of nitrogens with zero attached hydrogens (tertiary/aromatic N) is 3. The smallest absolute Gasteiger partial charge is 0.291 e. The first-order valence-corrected chi connectivity index (χ1v) is 9.18. The second-order valence-corrected chi connectivity index (χ2v) is 6.81. The number of imidazole rings is 1. The highest BCUT2D eigenvalue weighted by Crippen LogP contribution is 2.31. The van der Waals surface area contributed by atoms with Crippen LogP contribution in [-0.2, 0) is 0 Å². The van der Waals surface area contributed by atoms with Gasteiger partial charge in [0.05, 0.1) is 17.1 Å². The molecule has 4 rings (SSSR count). The minimum atomic E-state index is -0.437. The maximum absolute atomic E-state index is 14.6. The van der Waals surface area contributed by atoms with E-state index in [4.69, 9.17) is 5.73 Å². The lowest BCUT2D eigenvalue weighted by atomic mass is 10.1. The van der Waals surface area contributed by atoms with E-state index in [1.54, 1.807) is 30.7 Å². The van der Waals surface area contributed by atoms with E-state index >= 15 is 0 Å². The van der Waals surface area contributed by atoms with Gasteiger partial charge in [0.2, 0.25) is 0 Å². The molecule has 0 radical (unpaired) electrons. The summed E-state index contributed by atoms with van der Waals surface area (Å²) in [5, 5.41) is 2.78. The van der Waals surface area contributed by atoms with Gasteiger partial charge >= 0.3 is 0 Å². The van der Waals surface area contributed by atoms with Crippen LogP contribution in [0.2, 0.25) is 0 Å². The number of nitrogens with two attached hydrogens (primary N) is 1. The van der Waals surface area contributed by atoms with Gasteiger partial charge in [-0.2, -0.15) is 0 Å². The average molecular weight is 380 g/mol. The summed E-state index contributed by atoms with van der Waals surface area (Å²) in [6.45, 7) is 1.25.